The molecule has 0 aliphatic heterocycles. The molecule has 18 heavy (non-hydrogen) atoms. The Labute approximate surface area is 114 Å². The highest BCUT2D eigenvalue weighted by molar-refractivity contribution is 9.10. The van der Waals surface area contributed by atoms with E-state index in [1.54, 1.807) is 26.0 Å². The van der Waals surface area contributed by atoms with E-state index in [4.69, 9.17) is 16.2 Å². The van der Waals surface area contributed by atoms with Crippen molar-refractivity contribution in [1.82, 2.24) is 0 Å². The van der Waals surface area contributed by atoms with Gasteiger partial charge < -0.3 is 21.3 Å². The van der Waals surface area contributed by atoms with E-state index in [9.17, 15) is 9.90 Å². The van der Waals surface area contributed by atoms with Gasteiger partial charge in [-0.05, 0) is 26.0 Å². The third-order valence-corrected chi connectivity index (χ3v) is 3.69. The Morgan fingerprint density at radius 2 is 2.06 bits per heavy atom. The first-order valence-corrected chi connectivity index (χ1v) is 6.13. The van der Waals surface area contributed by atoms with E-state index in [0.29, 0.717) is 10.0 Å². The molecule has 100 valence electrons. The van der Waals surface area contributed by atoms with Gasteiger partial charge in [-0.1, -0.05) is 15.9 Å². The highest BCUT2D eigenvalue weighted by Gasteiger charge is 2.39. The summed E-state index contributed by atoms with van der Waals surface area (Å²) in [6.07, 6.45) is 0. The highest BCUT2D eigenvalue weighted by Crippen LogP contribution is 2.42. The van der Waals surface area contributed by atoms with Crippen LogP contribution in [0.25, 0.3) is 0 Å². The molecule has 0 fully saturated rings. The van der Waals surface area contributed by atoms with E-state index in [0.717, 1.165) is 0 Å². The van der Waals surface area contributed by atoms with E-state index < -0.39 is 17.4 Å². The Hall–Kier alpha value is -1.27. The molecule has 6 heteroatoms. The fourth-order valence-electron chi connectivity index (χ4n) is 1.65. The summed E-state index contributed by atoms with van der Waals surface area (Å²) >= 11 is 3.30. The average molecular weight is 317 g/mol. The fraction of sp³-hybridized carbons (Fsp3) is 0.417. The Balaban J connectivity index is 3.31. The number of hydrogen-bond acceptors (Lipinski definition) is 5. The molecule has 0 aromatic heterocycles. The third kappa shape index (κ3) is 2.44. The lowest BCUT2D eigenvalue weighted by molar-refractivity contribution is -0.152. The SMILES string of the molecule is COC(=O)C(C)(C)[C@@H](N)c1c(Br)ccc(N)c1O. The molecule has 0 aliphatic carbocycles. The van der Waals surface area contributed by atoms with E-state index in [2.05, 4.69) is 15.9 Å². The second kappa shape index (κ2) is 5.16. The number of nitrogen functional groups attached to an aromatic ring is 1. The highest BCUT2D eigenvalue weighted by atomic mass is 79.9. The van der Waals surface area contributed by atoms with Crippen LogP contribution in [0.5, 0.6) is 5.75 Å². The van der Waals surface area contributed by atoms with E-state index in [-0.39, 0.29) is 11.4 Å². The first-order valence-electron chi connectivity index (χ1n) is 5.34. The van der Waals surface area contributed by atoms with Crippen LogP contribution in [0.4, 0.5) is 5.69 Å². The molecule has 0 amide bonds. The van der Waals surface area contributed by atoms with Crippen LogP contribution in [0.3, 0.4) is 0 Å². The van der Waals surface area contributed by atoms with E-state index in [1.807, 2.05) is 0 Å². The average Bonchev–Trinajstić information content (AvgIpc) is 2.33. The Bertz CT molecular complexity index is 475. The summed E-state index contributed by atoms with van der Waals surface area (Å²) in [7, 11) is 1.30. The van der Waals surface area contributed by atoms with E-state index in [1.165, 1.54) is 7.11 Å². The number of carbonyl (C=O) groups is 1. The molecule has 0 saturated heterocycles. The minimum absolute atomic E-state index is 0.117. The summed E-state index contributed by atoms with van der Waals surface area (Å²) in [4.78, 5) is 11.7. The number of phenolic OH excluding ortho intramolecular Hbond substituents is 1. The van der Waals surface area contributed by atoms with Crippen LogP contribution in [-0.2, 0) is 9.53 Å². The maximum Gasteiger partial charge on any atom is 0.313 e. The Morgan fingerprint density at radius 3 is 2.56 bits per heavy atom. The van der Waals surface area contributed by atoms with Crippen molar-refractivity contribution in [3.05, 3.63) is 22.2 Å². The molecule has 0 saturated carbocycles. The molecule has 0 bridgehead atoms. The van der Waals surface area contributed by atoms with Crippen molar-refractivity contribution in [1.29, 1.82) is 0 Å². The van der Waals surface area contributed by atoms with Gasteiger partial charge in [-0.3, -0.25) is 4.79 Å². The molecular formula is C12H17BrN2O3. The van der Waals surface area contributed by atoms with Gasteiger partial charge in [0.25, 0.3) is 0 Å². The Morgan fingerprint density at radius 1 is 1.50 bits per heavy atom. The number of methoxy groups -OCH3 is 1. The van der Waals surface area contributed by atoms with Gasteiger partial charge in [-0.2, -0.15) is 0 Å². The van der Waals surface area contributed by atoms with Gasteiger partial charge in [0.2, 0.25) is 0 Å². The van der Waals surface area contributed by atoms with Crippen molar-refractivity contribution in [3.8, 4) is 5.75 Å². The molecule has 1 aromatic carbocycles. The number of aromatic hydroxyl groups is 1. The molecular weight excluding hydrogens is 300 g/mol. The lowest BCUT2D eigenvalue weighted by Gasteiger charge is -2.30. The minimum Gasteiger partial charge on any atom is -0.505 e. The van der Waals surface area contributed by atoms with Crippen LogP contribution < -0.4 is 11.5 Å². The monoisotopic (exact) mass is 316 g/mol. The second-order valence-corrected chi connectivity index (χ2v) is 5.44. The predicted molar refractivity (Wildman–Crippen MR) is 72.9 cm³/mol. The zero-order chi connectivity index (χ0) is 14.1. The summed E-state index contributed by atoms with van der Waals surface area (Å²) in [5, 5.41) is 9.98. The zero-order valence-electron chi connectivity index (χ0n) is 10.5. The molecule has 1 atom stereocenters. The number of hydrogen-bond donors (Lipinski definition) is 3. The minimum atomic E-state index is -0.984. The number of ether oxygens (including phenoxy) is 1. The maximum atomic E-state index is 11.7. The molecule has 5 N–H and O–H groups in total. The van der Waals surface area contributed by atoms with Gasteiger partial charge in [0.1, 0.15) is 5.75 Å². The number of benzene rings is 1. The smallest absolute Gasteiger partial charge is 0.313 e. The van der Waals surface area contributed by atoms with Crippen molar-refractivity contribution >= 4 is 27.6 Å². The molecule has 0 aliphatic rings. The fourth-order valence-corrected chi connectivity index (χ4v) is 2.21. The number of nitrogens with two attached hydrogens (primary N) is 2. The summed E-state index contributed by atoms with van der Waals surface area (Å²) in [6, 6.07) is 2.49. The topological polar surface area (TPSA) is 98.6 Å². The molecule has 0 radical (unpaired) electrons. The molecule has 0 heterocycles. The number of esters is 1. The quantitative estimate of drug-likeness (QED) is 0.449. The predicted octanol–water partition coefficient (Wildman–Crippen LogP) is 1.94. The molecule has 0 unspecified atom stereocenters. The summed E-state index contributed by atoms with van der Waals surface area (Å²) < 4.78 is 5.32. The van der Waals surface area contributed by atoms with Gasteiger partial charge in [0, 0.05) is 10.0 Å². The van der Waals surface area contributed by atoms with Gasteiger partial charge in [-0.25, -0.2) is 0 Å². The summed E-state index contributed by atoms with van der Waals surface area (Å²) in [6.45, 7) is 3.30. The van der Waals surface area contributed by atoms with Crippen molar-refractivity contribution in [2.24, 2.45) is 11.1 Å². The molecule has 5 nitrogen and oxygen atoms in total. The van der Waals surface area contributed by atoms with Crippen LogP contribution in [0, 0.1) is 5.41 Å². The maximum absolute atomic E-state index is 11.7. The number of anilines is 1. The van der Waals surface area contributed by atoms with Crippen molar-refractivity contribution in [2.45, 2.75) is 19.9 Å². The van der Waals surface area contributed by atoms with Crippen LogP contribution in [-0.4, -0.2) is 18.2 Å². The molecule has 1 aromatic rings. The van der Waals surface area contributed by atoms with Gasteiger partial charge in [-0.15, -0.1) is 0 Å². The second-order valence-electron chi connectivity index (χ2n) is 4.59. The van der Waals surface area contributed by atoms with Gasteiger partial charge in [0.15, 0.2) is 0 Å². The summed E-state index contributed by atoms with van der Waals surface area (Å²) in [5.41, 5.74) is 11.3. The summed E-state index contributed by atoms with van der Waals surface area (Å²) in [5.74, 6) is -0.572. The lowest BCUT2D eigenvalue weighted by atomic mass is 9.80. The third-order valence-electron chi connectivity index (χ3n) is 3.00. The van der Waals surface area contributed by atoms with Crippen LogP contribution >= 0.6 is 15.9 Å². The van der Waals surface area contributed by atoms with Crippen LogP contribution in [0.2, 0.25) is 0 Å². The van der Waals surface area contributed by atoms with Crippen molar-refractivity contribution < 1.29 is 14.6 Å². The van der Waals surface area contributed by atoms with Crippen LogP contribution in [0.1, 0.15) is 25.5 Å². The number of phenols is 1. The molecule has 1 rings (SSSR count). The van der Waals surface area contributed by atoms with Gasteiger partial charge in [0.05, 0.1) is 24.3 Å². The van der Waals surface area contributed by atoms with E-state index >= 15 is 0 Å². The normalized spacial score (nSPS) is 13.2. The standard InChI is InChI=1S/C12H17BrN2O3/c1-12(2,11(17)18-3)10(15)8-6(13)4-5-7(14)9(8)16/h4-5,10,16H,14-15H2,1-3H3/t10-/m0/s1. The number of carbonyl (C=O) groups excluding carboxylic acids is 1. The lowest BCUT2D eigenvalue weighted by Crippen LogP contribution is -2.37. The number of rotatable bonds is 3. The Kier molecular flexibility index (Phi) is 4.24. The first-order chi connectivity index (χ1) is 8.23. The molecule has 0 spiro atoms. The number of halogens is 1. The first kappa shape index (κ1) is 14.8. The van der Waals surface area contributed by atoms with Gasteiger partial charge >= 0.3 is 5.97 Å². The zero-order valence-corrected chi connectivity index (χ0v) is 12.1. The van der Waals surface area contributed by atoms with Crippen LogP contribution in [0.15, 0.2) is 16.6 Å². The van der Waals surface area contributed by atoms with Crippen molar-refractivity contribution in [3.63, 3.8) is 0 Å². The largest absolute Gasteiger partial charge is 0.505 e. The van der Waals surface area contributed by atoms with Crippen molar-refractivity contribution in [2.75, 3.05) is 12.8 Å².